The van der Waals surface area contributed by atoms with Crippen molar-refractivity contribution in [3.8, 4) is 6.07 Å². The van der Waals surface area contributed by atoms with Gasteiger partial charge in [-0.2, -0.15) is 5.26 Å². The van der Waals surface area contributed by atoms with Crippen molar-refractivity contribution in [1.29, 1.82) is 5.26 Å². The molecule has 4 heterocycles. The molecule has 2 saturated heterocycles. The smallest absolute Gasteiger partial charge is 0.189 e. The topological polar surface area (TPSA) is 87.0 Å². The van der Waals surface area contributed by atoms with E-state index in [0.717, 1.165) is 25.4 Å². The van der Waals surface area contributed by atoms with Crippen LogP contribution in [0.5, 0.6) is 0 Å². The highest BCUT2D eigenvalue weighted by Crippen LogP contribution is 2.32. The van der Waals surface area contributed by atoms with Crippen LogP contribution < -0.4 is 10.2 Å². The third kappa shape index (κ3) is 2.30. The maximum absolute atomic E-state index is 8.81. The Morgan fingerprint density at radius 3 is 3.10 bits per heavy atom. The van der Waals surface area contributed by atoms with Gasteiger partial charge in [-0.05, 0) is 6.42 Å². The molecule has 21 heavy (non-hydrogen) atoms. The van der Waals surface area contributed by atoms with Gasteiger partial charge < -0.3 is 15.0 Å². The molecule has 2 aromatic rings. The predicted molar refractivity (Wildman–Crippen MR) is 77.6 cm³/mol. The lowest BCUT2D eigenvalue weighted by Gasteiger charge is -2.27. The van der Waals surface area contributed by atoms with Crippen molar-refractivity contribution in [2.75, 3.05) is 23.4 Å². The molecule has 1 N–H and O–H groups in total. The fourth-order valence-corrected chi connectivity index (χ4v) is 3.37. The number of aromatic nitrogens is 3. The van der Waals surface area contributed by atoms with Crippen molar-refractivity contribution in [1.82, 2.24) is 15.0 Å². The van der Waals surface area contributed by atoms with Gasteiger partial charge in [0.25, 0.3) is 0 Å². The third-order valence-electron chi connectivity index (χ3n) is 3.70. The summed E-state index contributed by atoms with van der Waals surface area (Å²) in [7, 11) is 0. The largest absolute Gasteiger partial charge is 0.374 e. The molecule has 4 rings (SSSR count). The van der Waals surface area contributed by atoms with Gasteiger partial charge in [0, 0.05) is 12.6 Å². The van der Waals surface area contributed by atoms with E-state index in [2.05, 4.69) is 31.2 Å². The first-order chi connectivity index (χ1) is 10.3. The number of thiazole rings is 1. The first-order valence-electron chi connectivity index (χ1n) is 6.65. The lowest BCUT2D eigenvalue weighted by Crippen LogP contribution is -2.37. The van der Waals surface area contributed by atoms with Crippen LogP contribution in [0.2, 0.25) is 0 Å². The van der Waals surface area contributed by atoms with Gasteiger partial charge in [0.2, 0.25) is 0 Å². The molecule has 8 heteroatoms. The molecule has 2 atom stereocenters. The Labute approximate surface area is 125 Å². The number of hydrogen-bond donors (Lipinski definition) is 1. The molecule has 2 bridgehead atoms. The summed E-state index contributed by atoms with van der Waals surface area (Å²) in [6.45, 7) is 1.66. The van der Waals surface area contributed by atoms with Crippen LogP contribution in [-0.4, -0.2) is 40.2 Å². The van der Waals surface area contributed by atoms with Crippen molar-refractivity contribution >= 4 is 28.1 Å². The van der Waals surface area contributed by atoms with E-state index in [1.807, 2.05) is 6.07 Å². The number of rotatable bonds is 3. The van der Waals surface area contributed by atoms with Gasteiger partial charge in [0.05, 0.1) is 24.9 Å². The van der Waals surface area contributed by atoms with Gasteiger partial charge in [-0.3, -0.25) is 0 Å². The molecule has 0 spiro atoms. The minimum atomic E-state index is 0.332. The van der Waals surface area contributed by atoms with Gasteiger partial charge in [-0.15, -0.1) is 0 Å². The first-order valence-corrected chi connectivity index (χ1v) is 7.47. The fourth-order valence-electron chi connectivity index (χ4n) is 2.75. The Balaban J connectivity index is 1.54. The van der Waals surface area contributed by atoms with Crippen molar-refractivity contribution in [3.63, 3.8) is 0 Å². The fraction of sp³-hybridized carbons (Fsp3) is 0.385. The van der Waals surface area contributed by atoms with E-state index in [-0.39, 0.29) is 0 Å². The zero-order chi connectivity index (χ0) is 14.2. The molecule has 0 aromatic carbocycles. The summed E-state index contributed by atoms with van der Waals surface area (Å²) >= 11 is 1.30. The number of nitrogens with one attached hydrogen (secondary N) is 1. The maximum atomic E-state index is 8.81. The molecule has 0 radical (unpaired) electrons. The monoisotopic (exact) mass is 300 g/mol. The van der Waals surface area contributed by atoms with Crippen LogP contribution in [0.25, 0.3) is 0 Å². The number of ether oxygens (including phenoxy) is 1. The molecule has 7 nitrogen and oxygen atoms in total. The molecule has 2 aliphatic rings. The minimum Gasteiger partial charge on any atom is -0.374 e. The van der Waals surface area contributed by atoms with Crippen LogP contribution in [0, 0.1) is 11.3 Å². The quantitative estimate of drug-likeness (QED) is 0.919. The van der Waals surface area contributed by atoms with Crippen molar-refractivity contribution in [2.24, 2.45) is 0 Å². The van der Waals surface area contributed by atoms with Gasteiger partial charge >= 0.3 is 0 Å². The summed E-state index contributed by atoms with van der Waals surface area (Å²) < 4.78 is 5.60. The van der Waals surface area contributed by atoms with Gasteiger partial charge in [0.15, 0.2) is 5.13 Å². The van der Waals surface area contributed by atoms with E-state index in [4.69, 9.17) is 10.00 Å². The van der Waals surface area contributed by atoms with Crippen molar-refractivity contribution < 1.29 is 4.74 Å². The molecule has 106 valence electrons. The Kier molecular flexibility index (Phi) is 2.94. The minimum absolute atomic E-state index is 0.332. The highest BCUT2D eigenvalue weighted by molar-refractivity contribution is 7.16. The molecule has 2 aliphatic heterocycles. The number of anilines is 3. The molecule has 2 unspecified atom stereocenters. The Morgan fingerprint density at radius 1 is 1.43 bits per heavy atom. The summed E-state index contributed by atoms with van der Waals surface area (Å²) in [6, 6.07) is 4.40. The van der Waals surface area contributed by atoms with E-state index in [9.17, 15) is 0 Å². The Morgan fingerprint density at radius 2 is 2.38 bits per heavy atom. The Hall–Kier alpha value is -2.24. The third-order valence-corrected chi connectivity index (χ3v) is 4.52. The molecular weight excluding hydrogens is 288 g/mol. The zero-order valence-corrected chi connectivity index (χ0v) is 11.9. The molecule has 2 fully saturated rings. The molecule has 0 saturated carbocycles. The molecule has 0 aliphatic carbocycles. The summed E-state index contributed by atoms with van der Waals surface area (Å²) in [4.78, 5) is 15.5. The SMILES string of the molecule is N#Cc1cnc(Nc2cc(N3CC4CC3CO4)ncn2)s1. The van der Waals surface area contributed by atoms with E-state index in [1.54, 1.807) is 12.5 Å². The van der Waals surface area contributed by atoms with Crippen molar-refractivity contribution in [2.45, 2.75) is 18.6 Å². The summed E-state index contributed by atoms with van der Waals surface area (Å²) in [6.07, 6.45) is 4.50. The second kappa shape index (κ2) is 4.95. The standard InChI is InChI=1S/C13H12N6OS/c14-3-10-4-15-13(21-10)18-11-2-12(17-7-16-11)19-5-9-1-8(19)6-20-9/h2,4,7-9H,1,5-6H2,(H,15,16,17,18). The second-order valence-corrected chi connectivity index (χ2v) is 6.06. The number of nitriles is 1. The average molecular weight is 300 g/mol. The Bertz CT molecular complexity index is 711. The first kappa shape index (κ1) is 12.5. The van der Waals surface area contributed by atoms with E-state index < -0.39 is 0 Å². The predicted octanol–water partition coefficient (Wildman–Crippen LogP) is 1.53. The number of morpholine rings is 1. The van der Waals surface area contributed by atoms with Crippen LogP contribution in [0.1, 0.15) is 11.3 Å². The normalized spacial score (nSPS) is 23.3. The number of hydrogen-bond acceptors (Lipinski definition) is 8. The van der Waals surface area contributed by atoms with E-state index in [0.29, 0.717) is 28.0 Å². The van der Waals surface area contributed by atoms with Crippen LogP contribution >= 0.6 is 11.3 Å². The molecule has 0 amide bonds. The van der Waals surface area contributed by atoms with Crippen LogP contribution in [0.3, 0.4) is 0 Å². The van der Waals surface area contributed by atoms with Crippen LogP contribution in [0.15, 0.2) is 18.6 Å². The van der Waals surface area contributed by atoms with E-state index >= 15 is 0 Å². The summed E-state index contributed by atoms with van der Waals surface area (Å²) in [5, 5.41) is 12.6. The number of fused-ring (bicyclic) bond motifs is 2. The maximum Gasteiger partial charge on any atom is 0.189 e. The van der Waals surface area contributed by atoms with Crippen LogP contribution in [-0.2, 0) is 4.74 Å². The van der Waals surface area contributed by atoms with Crippen molar-refractivity contribution in [3.05, 3.63) is 23.5 Å². The van der Waals surface area contributed by atoms with Gasteiger partial charge in [-0.25, -0.2) is 15.0 Å². The highest BCUT2D eigenvalue weighted by atomic mass is 32.1. The number of nitrogens with zero attached hydrogens (tertiary/aromatic N) is 5. The highest BCUT2D eigenvalue weighted by Gasteiger charge is 2.39. The summed E-state index contributed by atoms with van der Waals surface area (Å²) in [5.41, 5.74) is 0. The van der Waals surface area contributed by atoms with Gasteiger partial charge in [-0.1, -0.05) is 11.3 Å². The lowest BCUT2D eigenvalue weighted by molar-refractivity contribution is 0.0989. The molecule has 2 aromatic heterocycles. The summed E-state index contributed by atoms with van der Waals surface area (Å²) in [5.74, 6) is 1.59. The van der Waals surface area contributed by atoms with Crippen LogP contribution in [0.4, 0.5) is 16.8 Å². The van der Waals surface area contributed by atoms with Gasteiger partial charge in [0.1, 0.15) is 28.9 Å². The lowest BCUT2D eigenvalue weighted by atomic mass is 10.2. The van der Waals surface area contributed by atoms with E-state index in [1.165, 1.54) is 11.3 Å². The second-order valence-electron chi connectivity index (χ2n) is 5.03. The molecular formula is C13H12N6OS. The zero-order valence-electron chi connectivity index (χ0n) is 11.1. The average Bonchev–Trinajstić information content (AvgIpc) is 3.23.